The summed E-state index contributed by atoms with van der Waals surface area (Å²) in [5.41, 5.74) is 1.34. The number of nitrogens with zero attached hydrogens (tertiary/aromatic N) is 2. The number of fused-ring (bicyclic) bond motifs is 2. The lowest BCUT2D eigenvalue weighted by Crippen LogP contribution is -2.35. The Balaban J connectivity index is 1.63. The predicted molar refractivity (Wildman–Crippen MR) is 73.8 cm³/mol. The molecule has 0 radical (unpaired) electrons. The van der Waals surface area contributed by atoms with Gasteiger partial charge in [0, 0.05) is 24.7 Å². The summed E-state index contributed by atoms with van der Waals surface area (Å²) in [7, 11) is 2.19. The Morgan fingerprint density at radius 2 is 2.00 bits per heavy atom. The minimum Gasteiger partial charge on any atom is -0.299 e. The minimum atomic E-state index is -0.344. The molecule has 2 fully saturated rings. The summed E-state index contributed by atoms with van der Waals surface area (Å²) in [6.07, 6.45) is 5.57. The van der Waals surface area contributed by atoms with E-state index < -0.39 is 0 Å². The largest absolute Gasteiger partial charge is 0.299 e. The molecule has 4 nitrogen and oxygen atoms in total. The fourth-order valence-electron chi connectivity index (χ4n) is 3.88. The van der Waals surface area contributed by atoms with Crippen LogP contribution in [0, 0.1) is 22.0 Å². The van der Waals surface area contributed by atoms with Gasteiger partial charge in [-0.25, -0.2) is 0 Å². The van der Waals surface area contributed by atoms with Gasteiger partial charge in [0.1, 0.15) is 0 Å². The van der Waals surface area contributed by atoms with Crippen LogP contribution in [-0.4, -0.2) is 22.9 Å². The summed E-state index contributed by atoms with van der Waals surface area (Å²) in [5.74, 6) is 1.84. The van der Waals surface area contributed by atoms with E-state index in [-0.39, 0.29) is 10.6 Å². The van der Waals surface area contributed by atoms with Crippen molar-refractivity contribution in [2.75, 3.05) is 7.05 Å². The van der Waals surface area contributed by atoms with Crippen molar-refractivity contribution in [1.29, 1.82) is 0 Å². The first-order valence-corrected chi connectivity index (χ1v) is 7.07. The van der Waals surface area contributed by atoms with Crippen LogP contribution in [0.2, 0.25) is 0 Å². The molecule has 2 saturated carbocycles. The second kappa shape index (κ2) is 4.93. The van der Waals surface area contributed by atoms with Crippen molar-refractivity contribution in [2.24, 2.45) is 11.8 Å². The lowest BCUT2D eigenvalue weighted by atomic mass is 9.94. The Kier molecular flexibility index (Phi) is 3.27. The van der Waals surface area contributed by atoms with Crippen LogP contribution >= 0.6 is 0 Å². The van der Waals surface area contributed by atoms with Crippen LogP contribution in [0.5, 0.6) is 0 Å². The van der Waals surface area contributed by atoms with Gasteiger partial charge in [0.05, 0.1) is 4.92 Å². The van der Waals surface area contributed by atoms with Gasteiger partial charge in [-0.1, -0.05) is 18.6 Å². The van der Waals surface area contributed by atoms with E-state index in [1.807, 2.05) is 12.1 Å². The van der Waals surface area contributed by atoms with Gasteiger partial charge < -0.3 is 0 Å². The van der Waals surface area contributed by atoms with Crippen molar-refractivity contribution in [3.05, 3.63) is 39.9 Å². The Morgan fingerprint density at radius 1 is 1.26 bits per heavy atom. The van der Waals surface area contributed by atoms with Crippen LogP contribution in [0.3, 0.4) is 0 Å². The molecule has 2 unspecified atom stereocenters. The van der Waals surface area contributed by atoms with Crippen LogP contribution in [-0.2, 0) is 6.54 Å². The first kappa shape index (κ1) is 12.6. The molecule has 3 atom stereocenters. The van der Waals surface area contributed by atoms with Gasteiger partial charge in [-0.2, -0.15) is 0 Å². The van der Waals surface area contributed by atoms with E-state index in [9.17, 15) is 10.1 Å². The maximum Gasteiger partial charge on any atom is 0.269 e. The second-order valence-corrected chi connectivity index (χ2v) is 6.08. The summed E-state index contributed by atoms with van der Waals surface area (Å²) in [5, 5.41) is 10.6. The molecule has 1 aromatic rings. The topological polar surface area (TPSA) is 46.4 Å². The monoisotopic (exact) mass is 260 g/mol. The predicted octanol–water partition coefficient (Wildman–Crippen LogP) is 3.22. The first-order valence-electron chi connectivity index (χ1n) is 7.07. The molecule has 0 aromatic heterocycles. The summed E-state index contributed by atoms with van der Waals surface area (Å²) >= 11 is 0. The van der Waals surface area contributed by atoms with Gasteiger partial charge in [-0.15, -0.1) is 0 Å². The van der Waals surface area contributed by atoms with Gasteiger partial charge in [-0.05, 0) is 43.7 Å². The highest BCUT2D eigenvalue weighted by Gasteiger charge is 2.41. The smallest absolute Gasteiger partial charge is 0.269 e. The van der Waals surface area contributed by atoms with Crippen molar-refractivity contribution in [1.82, 2.24) is 4.90 Å². The number of non-ortho nitro benzene ring substituents is 1. The van der Waals surface area contributed by atoms with Crippen molar-refractivity contribution >= 4 is 5.69 Å². The number of benzene rings is 1. The molecule has 2 bridgehead atoms. The summed E-state index contributed by atoms with van der Waals surface area (Å²) in [6.45, 7) is 0.895. The molecule has 2 aliphatic carbocycles. The van der Waals surface area contributed by atoms with E-state index in [0.29, 0.717) is 6.04 Å². The zero-order valence-corrected chi connectivity index (χ0v) is 11.3. The van der Waals surface area contributed by atoms with Crippen LogP contribution in [0.4, 0.5) is 5.69 Å². The van der Waals surface area contributed by atoms with E-state index in [2.05, 4.69) is 11.9 Å². The molecule has 1 aromatic carbocycles. The molecular formula is C15H20N2O2. The van der Waals surface area contributed by atoms with E-state index in [0.717, 1.165) is 23.9 Å². The molecule has 2 aliphatic rings. The lowest BCUT2D eigenvalue weighted by Gasteiger charge is -2.31. The minimum absolute atomic E-state index is 0.173. The maximum atomic E-state index is 10.6. The number of rotatable bonds is 4. The molecule has 19 heavy (non-hydrogen) atoms. The molecule has 0 saturated heterocycles. The SMILES string of the molecule is CN(Cc1ccc([N+](=O)[O-])cc1)[C@H]1CC2CCC1C2. The maximum absolute atomic E-state index is 10.6. The first-order chi connectivity index (χ1) is 9.13. The van der Waals surface area contributed by atoms with Crippen LogP contribution in [0.25, 0.3) is 0 Å². The molecule has 3 rings (SSSR count). The zero-order valence-electron chi connectivity index (χ0n) is 11.3. The van der Waals surface area contributed by atoms with E-state index >= 15 is 0 Å². The van der Waals surface area contributed by atoms with Gasteiger partial charge in [0.15, 0.2) is 0 Å². The van der Waals surface area contributed by atoms with Crippen molar-refractivity contribution in [2.45, 2.75) is 38.3 Å². The van der Waals surface area contributed by atoms with Crippen molar-refractivity contribution in [3.63, 3.8) is 0 Å². The Hall–Kier alpha value is -1.42. The van der Waals surface area contributed by atoms with Crippen LogP contribution < -0.4 is 0 Å². The summed E-state index contributed by atoms with van der Waals surface area (Å²) < 4.78 is 0. The normalized spacial score (nSPS) is 29.1. The highest BCUT2D eigenvalue weighted by Crippen LogP contribution is 2.46. The Bertz CT molecular complexity index is 472. The number of hydrogen-bond donors (Lipinski definition) is 0. The van der Waals surface area contributed by atoms with Gasteiger partial charge in [0.25, 0.3) is 5.69 Å². The number of nitro benzene ring substituents is 1. The standard InChI is InChI=1S/C15H20N2O2/c1-16(15-9-12-2-5-13(15)8-12)10-11-3-6-14(7-4-11)17(18)19/h3-4,6-7,12-13,15H,2,5,8-10H2,1H3/t12?,13?,15-/m0/s1. The molecule has 102 valence electrons. The third-order valence-corrected chi connectivity index (χ3v) is 4.85. The molecular weight excluding hydrogens is 240 g/mol. The fourth-order valence-corrected chi connectivity index (χ4v) is 3.88. The average Bonchev–Trinajstić information content (AvgIpc) is 3.01. The second-order valence-electron chi connectivity index (χ2n) is 6.08. The molecule has 0 spiro atoms. The molecule has 0 heterocycles. The Morgan fingerprint density at radius 3 is 2.53 bits per heavy atom. The lowest BCUT2D eigenvalue weighted by molar-refractivity contribution is -0.384. The molecule has 0 amide bonds. The van der Waals surface area contributed by atoms with E-state index in [1.54, 1.807) is 12.1 Å². The molecule has 4 heteroatoms. The third kappa shape index (κ3) is 2.50. The van der Waals surface area contributed by atoms with E-state index in [4.69, 9.17) is 0 Å². The third-order valence-electron chi connectivity index (χ3n) is 4.85. The van der Waals surface area contributed by atoms with E-state index in [1.165, 1.54) is 25.7 Å². The molecule has 0 N–H and O–H groups in total. The highest BCUT2D eigenvalue weighted by atomic mass is 16.6. The quantitative estimate of drug-likeness (QED) is 0.617. The average molecular weight is 260 g/mol. The summed E-state index contributed by atoms with van der Waals surface area (Å²) in [6, 6.07) is 7.67. The van der Waals surface area contributed by atoms with Crippen LogP contribution in [0.15, 0.2) is 24.3 Å². The number of hydrogen-bond acceptors (Lipinski definition) is 3. The highest BCUT2D eigenvalue weighted by molar-refractivity contribution is 5.32. The van der Waals surface area contributed by atoms with Crippen molar-refractivity contribution < 1.29 is 4.92 Å². The van der Waals surface area contributed by atoms with Crippen LogP contribution in [0.1, 0.15) is 31.2 Å². The summed E-state index contributed by atoms with van der Waals surface area (Å²) in [4.78, 5) is 12.7. The Labute approximate surface area is 113 Å². The fraction of sp³-hybridized carbons (Fsp3) is 0.600. The van der Waals surface area contributed by atoms with Gasteiger partial charge >= 0.3 is 0 Å². The zero-order chi connectivity index (χ0) is 13.4. The number of nitro groups is 1. The molecule has 0 aliphatic heterocycles. The van der Waals surface area contributed by atoms with Crippen molar-refractivity contribution in [3.8, 4) is 0 Å². The van der Waals surface area contributed by atoms with Gasteiger partial charge in [-0.3, -0.25) is 15.0 Å². The van der Waals surface area contributed by atoms with Gasteiger partial charge in [0.2, 0.25) is 0 Å².